The van der Waals surface area contributed by atoms with Crippen LogP contribution in [0.4, 0.5) is 0 Å². The summed E-state index contributed by atoms with van der Waals surface area (Å²) in [5.74, 6) is 0.370. The first kappa shape index (κ1) is 17.4. The molecule has 1 aliphatic carbocycles. The smallest absolute Gasteiger partial charge is 0.243 e. The SMILES string of the molecule is C/C(=N/NC(=O)C1CC1c1ccc(C(C)(C)C)cc1)c1ccccc1. The molecule has 1 N–H and O–H groups in total. The van der Waals surface area contributed by atoms with Gasteiger partial charge in [0, 0.05) is 5.92 Å². The molecule has 3 nitrogen and oxygen atoms in total. The van der Waals surface area contributed by atoms with Gasteiger partial charge in [0.25, 0.3) is 0 Å². The van der Waals surface area contributed by atoms with E-state index in [9.17, 15) is 4.79 Å². The van der Waals surface area contributed by atoms with E-state index in [0.29, 0.717) is 5.92 Å². The zero-order valence-electron chi connectivity index (χ0n) is 15.4. The first-order valence-electron chi connectivity index (χ1n) is 8.86. The monoisotopic (exact) mass is 334 g/mol. The Kier molecular flexibility index (Phi) is 4.76. The summed E-state index contributed by atoms with van der Waals surface area (Å²) < 4.78 is 0. The average molecular weight is 334 g/mol. The summed E-state index contributed by atoms with van der Waals surface area (Å²) >= 11 is 0. The molecule has 2 aromatic carbocycles. The second-order valence-electron chi connectivity index (χ2n) is 7.86. The lowest BCUT2D eigenvalue weighted by atomic mass is 9.86. The molecule has 130 valence electrons. The molecule has 2 unspecified atom stereocenters. The Labute approximate surface area is 150 Å². The van der Waals surface area contributed by atoms with Crippen molar-refractivity contribution in [3.63, 3.8) is 0 Å². The molecular weight excluding hydrogens is 308 g/mol. The lowest BCUT2D eigenvalue weighted by molar-refractivity contribution is -0.122. The zero-order valence-corrected chi connectivity index (χ0v) is 15.4. The van der Waals surface area contributed by atoms with Crippen molar-refractivity contribution >= 4 is 11.6 Å². The number of benzene rings is 2. The van der Waals surface area contributed by atoms with E-state index < -0.39 is 0 Å². The van der Waals surface area contributed by atoms with Crippen LogP contribution < -0.4 is 5.43 Å². The van der Waals surface area contributed by atoms with Crippen molar-refractivity contribution in [2.75, 3.05) is 0 Å². The molecule has 25 heavy (non-hydrogen) atoms. The molecule has 1 aliphatic rings. The van der Waals surface area contributed by atoms with Crippen molar-refractivity contribution in [3.8, 4) is 0 Å². The first-order chi connectivity index (χ1) is 11.9. The maximum Gasteiger partial charge on any atom is 0.243 e. The minimum absolute atomic E-state index is 0.0141. The van der Waals surface area contributed by atoms with Crippen LogP contribution in [-0.4, -0.2) is 11.6 Å². The minimum atomic E-state index is 0.0141. The predicted octanol–water partition coefficient (Wildman–Crippen LogP) is 4.63. The van der Waals surface area contributed by atoms with Crippen molar-refractivity contribution in [1.29, 1.82) is 0 Å². The highest BCUT2D eigenvalue weighted by Crippen LogP contribution is 2.47. The Hall–Kier alpha value is -2.42. The second kappa shape index (κ2) is 6.83. The number of hydrazone groups is 1. The fourth-order valence-electron chi connectivity index (χ4n) is 3.05. The first-order valence-corrected chi connectivity index (χ1v) is 8.86. The Bertz CT molecular complexity index is 770. The Morgan fingerprint density at radius 3 is 2.28 bits per heavy atom. The maximum atomic E-state index is 12.3. The van der Waals surface area contributed by atoms with E-state index in [1.165, 1.54) is 11.1 Å². The highest BCUT2D eigenvalue weighted by molar-refractivity contribution is 5.99. The predicted molar refractivity (Wildman–Crippen MR) is 103 cm³/mol. The van der Waals surface area contributed by atoms with Gasteiger partial charge in [0.05, 0.1) is 5.71 Å². The van der Waals surface area contributed by atoms with Crippen molar-refractivity contribution in [2.45, 2.75) is 45.4 Å². The molecule has 3 heteroatoms. The molecule has 0 aliphatic heterocycles. The average Bonchev–Trinajstić information content (AvgIpc) is 3.40. The van der Waals surface area contributed by atoms with Crippen LogP contribution in [0.1, 0.15) is 56.7 Å². The summed E-state index contributed by atoms with van der Waals surface area (Å²) in [7, 11) is 0. The van der Waals surface area contributed by atoms with E-state index in [0.717, 1.165) is 17.7 Å². The fraction of sp³-hybridized carbons (Fsp3) is 0.364. The molecule has 1 saturated carbocycles. The van der Waals surface area contributed by atoms with Crippen LogP contribution in [0.15, 0.2) is 59.7 Å². The summed E-state index contributed by atoms with van der Waals surface area (Å²) in [6, 6.07) is 18.6. The van der Waals surface area contributed by atoms with Crippen LogP contribution in [-0.2, 0) is 10.2 Å². The van der Waals surface area contributed by atoms with Gasteiger partial charge >= 0.3 is 0 Å². The second-order valence-corrected chi connectivity index (χ2v) is 7.86. The number of carbonyl (C=O) groups is 1. The van der Waals surface area contributed by atoms with E-state index in [4.69, 9.17) is 0 Å². The Balaban J connectivity index is 1.59. The number of amides is 1. The van der Waals surface area contributed by atoms with Gasteiger partial charge in [-0.2, -0.15) is 5.10 Å². The quantitative estimate of drug-likeness (QED) is 0.643. The summed E-state index contributed by atoms with van der Waals surface area (Å²) in [4.78, 5) is 12.3. The zero-order chi connectivity index (χ0) is 18.0. The summed E-state index contributed by atoms with van der Waals surface area (Å²) in [6.07, 6.45) is 0.903. The topological polar surface area (TPSA) is 41.5 Å². The molecule has 0 aromatic heterocycles. The summed E-state index contributed by atoms with van der Waals surface area (Å²) in [5.41, 5.74) is 7.29. The van der Waals surface area contributed by atoms with Gasteiger partial charge in [0.15, 0.2) is 0 Å². The Morgan fingerprint density at radius 1 is 1.04 bits per heavy atom. The van der Waals surface area contributed by atoms with Gasteiger partial charge in [-0.15, -0.1) is 0 Å². The molecular formula is C22H26N2O. The van der Waals surface area contributed by atoms with Crippen LogP contribution in [0, 0.1) is 5.92 Å². The molecule has 0 bridgehead atoms. The number of nitrogens with one attached hydrogen (secondary N) is 1. The summed E-state index contributed by atoms with van der Waals surface area (Å²) in [6.45, 7) is 8.54. The Morgan fingerprint density at radius 2 is 1.68 bits per heavy atom. The van der Waals surface area contributed by atoms with E-state index in [1.54, 1.807) is 0 Å². The van der Waals surface area contributed by atoms with E-state index in [1.807, 2.05) is 37.3 Å². The van der Waals surface area contributed by atoms with E-state index >= 15 is 0 Å². The number of rotatable bonds is 4. The number of carbonyl (C=O) groups excluding carboxylic acids is 1. The number of nitrogens with zero attached hydrogens (tertiary/aromatic N) is 1. The number of hydrogen-bond donors (Lipinski definition) is 1. The molecule has 1 amide bonds. The van der Waals surface area contributed by atoms with Gasteiger partial charge in [-0.25, -0.2) is 5.43 Å². The minimum Gasteiger partial charge on any atom is -0.273 e. The highest BCUT2D eigenvalue weighted by atomic mass is 16.2. The molecule has 3 rings (SSSR count). The van der Waals surface area contributed by atoms with E-state index in [2.05, 4.69) is 55.6 Å². The third kappa shape index (κ3) is 4.16. The van der Waals surface area contributed by atoms with Gasteiger partial charge in [0.2, 0.25) is 5.91 Å². The van der Waals surface area contributed by atoms with Crippen molar-refractivity contribution in [2.24, 2.45) is 11.0 Å². The van der Waals surface area contributed by atoms with Crippen molar-refractivity contribution in [3.05, 3.63) is 71.3 Å². The lowest BCUT2D eigenvalue weighted by Crippen LogP contribution is -2.21. The highest BCUT2D eigenvalue weighted by Gasteiger charge is 2.44. The van der Waals surface area contributed by atoms with Gasteiger partial charge in [-0.1, -0.05) is 75.4 Å². The third-order valence-corrected chi connectivity index (χ3v) is 4.86. The lowest BCUT2D eigenvalue weighted by Gasteiger charge is -2.19. The van der Waals surface area contributed by atoms with Crippen LogP contribution in [0.3, 0.4) is 0 Å². The molecule has 1 fully saturated rings. The normalized spacial score (nSPS) is 20.2. The van der Waals surface area contributed by atoms with Gasteiger partial charge in [-0.05, 0) is 41.4 Å². The largest absolute Gasteiger partial charge is 0.273 e. The van der Waals surface area contributed by atoms with Crippen molar-refractivity contribution in [1.82, 2.24) is 5.43 Å². The maximum absolute atomic E-state index is 12.3. The van der Waals surface area contributed by atoms with Gasteiger partial charge in [0.1, 0.15) is 0 Å². The van der Waals surface area contributed by atoms with Gasteiger partial charge < -0.3 is 0 Å². The van der Waals surface area contributed by atoms with Crippen LogP contribution in [0.25, 0.3) is 0 Å². The standard InChI is InChI=1S/C22H26N2O/c1-15(16-8-6-5-7-9-16)23-24-21(25)20-14-19(20)17-10-12-18(13-11-17)22(2,3)4/h5-13,19-20H,14H2,1-4H3,(H,24,25)/b23-15-. The molecule has 0 radical (unpaired) electrons. The molecule has 2 atom stereocenters. The molecule has 0 spiro atoms. The van der Waals surface area contributed by atoms with Crippen LogP contribution in [0.5, 0.6) is 0 Å². The summed E-state index contributed by atoms with van der Waals surface area (Å²) in [5, 5.41) is 4.25. The molecule has 2 aromatic rings. The van der Waals surface area contributed by atoms with Crippen LogP contribution >= 0.6 is 0 Å². The van der Waals surface area contributed by atoms with Crippen LogP contribution in [0.2, 0.25) is 0 Å². The third-order valence-electron chi connectivity index (χ3n) is 4.86. The molecule has 0 saturated heterocycles. The number of hydrogen-bond acceptors (Lipinski definition) is 2. The fourth-order valence-corrected chi connectivity index (χ4v) is 3.05. The molecule has 0 heterocycles. The van der Waals surface area contributed by atoms with E-state index in [-0.39, 0.29) is 17.2 Å². The van der Waals surface area contributed by atoms with Gasteiger partial charge in [-0.3, -0.25) is 4.79 Å². The van der Waals surface area contributed by atoms with Crippen molar-refractivity contribution < 1.29 is 4.79 Å².